The Morgan fingerprint density at radius 2 is 1.76 bits per heavy atom. The van der Waals surface area contributed by atoms with Gasteiger partial charge in [0, 0.05) is 12.1 Å². The van der Waals surface area contributed by atoms with Crippen molar-refractivity contribution in [1.29, 1.82) is 0 Å². The van der Waals surface area contributed by atoms with Gasteiger partial charge in [-0.2, -0.15) is 0 Å². The summed E-state index contributed by atoms with van der Waals surface area (Å²) >= 11 is 0. The first-order chi connectivity index (χ1) is 10.2. The van der Waals surface area contributed by atoms with Crippen LogP contribution >= 0.6 is 0 Å². The molecule has 1 atom stereocenters. The second-order valence-corrected chi connectivity index (χ2v) is 4.77. The number of carbonyl (C=O) groups excluding carboxylic acids is 2. The van der Waals surface area contributed by atoms with Gasteiger partial charge in [-0.05, 0) is 23.6 Å². The third-order valence-corrected chi connectivity index (χ3v) is 3.26. The smallest absolute Gasteiger partial charge is 0.252 e. The van der Waals surface area contributed by atoms with E-state index in [0.717, 1.165) is 17.4 Å². The summed E-state index contributed by atoms with van der Waals surface area (Å²) in [4.78, 5) is 23.4. The monoisotopic (exact) mass is 282 g/mol. The molecule has 2 aromatic rings. The van der Waals surface area contributed by atoms with Gasteiger partial charge in [-0.15, -0.1) is 0 Å². The number of nitrogens with one attached hydrogen (secondary N) is 1. The van der Waals surface area contributed by atoms with E-state index in [0.29, 0.717) is 12.0 Å². The molecule has 0 aliphatic heterocycles. The molecule has 0 heterocycles. The standard InChI is InChI=1S/C17H18N2O2/c18-11-14-8-4-5-9-16(14)17(21)19-15(12-20)10-13-6-2-1-3-7-13/h1-9,12,15H,10-11,18H2,(H,19,21). The summed E-state index contributed by atoms with van der Waals surface area (Å²) in [5.74, 6) is -0.274. The molecule has 3 N–H and O–H groups in total. The summed E-state index contributed by atoms with van der Waals surface area (Å²) in [5, 5.41) is 2.74. The summed E-state index contributed by atoms with van der Waals surface area (Å²) in [6, 6.07) is 16.2. The second kappa shape index (κ2) is 7.36. The number of amides is 1. The van der Waals surface area contributed by atoms with Gasteiger partial charge in [-0.25, -0.2) is 0 Å². The summed E-state index contributed by atoms with van der Waals surface area (Å²) in [6.45, 7) is 0.286. The summed E-state index contributed by atoms with van der Waals surface area (Å²) in [7, 11) is 0. The number of aldehydes is 1. The Kier molecular flexibility index (Phi) is 5.23. The first-order valence-electron chi connectivity index (χ1n) is 6.82. The lowest BCUT2D eigenvalue weighted by Gasteiger charge is -2.14. The van der Waals surface area contributed by atoms with E-state index in [9.17, 15) is 9.59 Å². The lowest BCUT2D eigenvalue weighted by Crippen LogP contribution is -2.38. The van der Waals surface area contributed by atoms with E-state index in [4.69, 9.17) is 5.73 Å². The number of hydrogen-bond acceptors (Lipinski definition) is 3. The van der Waals surface area contributed by atoms with Crippen molar-refractivity contribution in [2.75, 3.05) is 0 Å². The lowest BCUT2D eigenvalue weighted by molar-refractivity contribution is -0.109. The van der Waals surface area contributed by atoms with E-state index in [1.54, 1.807) is 12.1 Å². The Morgan fingerprint density at radius 3 is 2.43 bits per heavy atom. The minimum Gasteiger partial charge on any atom is -0.342 e. The zero-order valence-electron chi connectivity index (χ0n) is 11.7. The molecule has 4 heteroatoms. The Balaban J connectivity index is 2.08. The van der Waals surface area contributed by atoms with Gasteiger partial charge in [0.25, 0.3) is 5.91 Å². The topological polar surface area (TPSA) is 72.2 Å². The maximum atomic E-state index is 12.3. The third-order valence-electron chi connectivity index (χ3n) is 3.26. The van der Waals surface area contributed by atoms with Crippen molar-refractivity contribution in [3.63, 3.8) is 0 Å². The van der Waals surface area contributed by atoms with Crippen LogP contribution in [0.5, 0.6) is 0 Å². The average Bonchev–Trinajstić information content (AvgIpc) is 2.55. The zero-order valence-corrected chi connectivity index (χ0v) is 11.7. The maximum Gasteiger partial charge on any atom is 0.252 e. The van der Waals surface area contributed by atoms with E-state index in [2.05, 4.69) is 5.32 Å². The van der Waals surface area contributed by atoms with Gasteiger partial charge in [0.05, 0.1) is 6.04 Å². The van der Waals surface area contributed by atoms with Crippen LogP contribution in [0.4, 0.5) is 0 Å². The largest absolute Gasteiger partial charge is 0.342 e. The molecular formula is C17H18N2O2. The van der Waals surface area contributed by atoms with Crippen molar-refractivity contribution in [2.24, 2.45) is 5.73 Å². The Morgan fingerprint density at radius 1 is 1.10 bits per heavy atom. The Bertz CT molecular complexity index is 611. The zero-order chi connectivity index (χ0) is 15.1. The van der Waals surface area contributed by atoms with Crippen LogP contribution < -0.4 is 11.1 Å². The SMILES string of the molecule is NCc1ccccc1C(=O)NC(C=O)Cc1ccccc1. The average molecular weight is 282 g/mol. The molecule has 0 saturated heterocycles. The van der Waals surface area contributed by atoms with E-state index < -0.39 is 6.04 Å². The molecule has 0 aliphatic rings. The van der Waals surface area contributed by atoms with Gasteiger partial charge in [-0.1, -0.05) is 48.5 Å². The van der Waals surface area contributed by atoms with E-state index in [-0.39, 0.29) is 12.5 Å². The van der Waals surface area contributed by atoms with Crippen LogP contribution in [0.25, 0.3) is 0 Å². The first kappa shape index (κ1) is 14.9. The molecule has 0 radical (unpaired) electrons. The molecule has 4 nitrogen and oxygen atoms in total. The van der Waals surface area contributed by atoms with Crippen molar-refractivity contribution in [3.05, 3.63) is 71.3 Å². The van der Waals surface area contributed by atoms with Crippen LogP contribution in [0.3, 0.4) is 0 Å². The molecule has 0 aliphatic carbocycles. The van der Waals surface area contributed by atoms with Gasteiger partial charge in [0.2, 0.25) is 0 Å². The van der Waals surface area contributed by atoms with Gasteiger partial charge >= 0.3 is 0 Å². The van der Waals surface area contributed by atoms with E-state index in [1.807, 2.05) is 42.5 Å². The van der Waals surface area contributed by atoms with Crippen LogP contribution in [-0.4, -0.2) is 18.2 Å². The van der Waals surface area contributed by atoms with Crippen molar-refractivity contribution in [1.82, 2.24) is 5.32 Å². The number of benzene rings is 2. The lowest BCUT2D eigenvalue weighted by atomic mass is 10.0. The van der Waals surface area contributed by atoms with Gasteiger partial charge in [-0.3, -0.25) is 4.79 Å². The summed E-state index contributed by atoms with van der Waals surface area (Å²) in [5.41, 5.74) is 7.90. The van der Waals surface area contributed by atoms with Crippen LogP contribution in [-0.2, 0) is 17.8 Å². The number of nitrogens with two attached hydrogens (primary N) is 1. The molecule has 0 fully saturated rings. The highest BCUT2D eigenvalue weighted by Gasteiger charge is 2.15. The minimum absolute atomic E-state index is 0.274. The fourth-order valence-electron chi connectivity index (χ4n) is 2.17. The predicted molar refractivity (Wildman–Crippen MR) is 81.8 cm³/mol. The molecule has 2 aromatic carbocycles. The third kappa shape index (κ3) is 4.00. The summed E-state index contributed by atoms with van der Waals surface area (Å²) in [6.07, 6.45) is 1.23. The molecule has 1 amide bonds. The fourth-order valence-corrected chi connectivity index (χ4v) is 2.17. The molecule has 1 unspecified atom stereocenters. The molecule has 0 saturated carbocycles. The highest BCUT2D eigenvalue weighted by Crippen LogP contribution is 2.09. The van der Waals surface area contributed by atoms with Crippen LogP contribution in [0.1, 0.15) is 21.5 Å². The highest BCUT2D eigenvalue weighted by molar-refractivity contribution is 5.97. The first-order valence-corrected chi connectivity index (χ1v) is 6.82. The van der Waals surface area contributed by atoms with Crippen LogP contribution in [0.2, 0.25) is 0 Å². The molecule has 2 rings (SSSR count). The normalized spacial score (nSPS) is 11.7. The van der Waals surface area contributed by atoms with Gasteiger partial charge < -0.3 is 15.8 Å². The summed E-state index contributed by atoms with van der Waals surface area (Å²) < 4.78 is 0. The highest BCUT2D eigenvalue weighted by atomic mass is 16.2. The van der Waals surface area contributed by atoms with Crippen LogP contribution in [0, 0.1) is 0 Å². The molecule has 0 aromatic heterocycles. The quantitative estimate of drug-likeness (QED) is 0.792. The molecule has 0 bridgehead atoms. The number of hydrogen-bond donors (Lipinski definition) is 2. The Hall–Kier alpha value is -2.46. The van der Waals surface area contributed by atoms with Crippen molar-refractivity contribution < 1.29 is 9.59 Å². The number of rotatable bonds is 6. The second-order valence-electron chi connectivity index (χ2n) is 4.77. The van der Waals surface area contributed by atoms with Crippen molar-refractivity contribution in [3.8, 4) is 0 Å². The molecular weight excluding hydrogens is 264 g/mol. The number of carbonyl (C=O) groups is 2. The molecule has 21 heavy (non-hydrogen) atoms. The van der Waals surface area contributed by atoms with Gasteiger partial charge in [0.15, 0.2) is 0 Å². The predicted octanol–water partition coefficient (Wildman–Crippen LogP) is 1.69. The van der Waals surface area contributed by atoms with Crippen molar-refractivity contribution in [2.45, 2.75) is 19.0 Å². The minimum atomic E-state index is -0.550. The maximum absolute atomic E-state index is 12.3. The van der Waals surface area contributed by atoms with Crippen LogP contribution in [0.15, 0.2) is 54.6 Å². The van der Waals surface area contributed by atoms with Gasteiger partial charge in [0.1, 0.15) is 6.29 Å². The fraction of sp³-hybridized carbons (Fsp3) is 0.176. The Labute approximate surface area is 124 Å². The van der Waals surface area contributed by atoms with E-state index >= 15 is 0 Å². The molecule has 0 spiro atoms. The van der Waals surface area contributed by atoms with Crippen molar-refractivity contribution >= 4 is 12.2 Å². The van der Waals surface area contributed by atoms with E-state index in [1.165, 1.54) is 0 Å². The molecule has 108 valence electrons.